The van der Waals surface area contributed by atoms with E-state index in [9.17, 15) is 14.4 Å². The lowest BCUT2D eigenvalue weighted by Gasteiger charge is -2.32. The van der Waals surface area contributed by atoms with Crippen LogP contribution in [0.1, 0.15) is 49.1 Å². The van der Waals surface area contributed by atoms with E-state index in [0.29, 0.717) is 17.0 Å². The summed E-state index contributed by atoms with van der Waals surface area (Å²) < 4.78 is 10.7. The van der Waals surface area contributed by atoms with E-state index < -0.39 is 29.7 Å². The van der Waals surface area contributed by atoms with Crippen molar-refractivity contribution in [1.29, 1.82) is 0 Å². The second-order valence-electron chi connectivity index (χ2n) is 10.8. The van der Waals surface area contributed by atoms with Crippen molar-refractivity contribution in [1.82, 2.24) is 10.2 Å². The number of hydrogen-bond acceptors (Lipinski definition) is 5. The van der Waals surface area contributed by atoms with E-state index in [1.165, 1.54) is 4.90 Å². The van der Waals surface area contributed by atoms with E-state index in [4.69, 9.17) is 9.47 Å². The third kappa shape index (κ3) is 8.33. The Labute approximate surface area is 236 Å². The van der Waals surface area contributed by atoms with Gasteiger partial charge in [0.1, 0.15) is 23.4 Å². The summed E-state index contributed by atoms with van der Waals surface area (Å²) in [5.41, 5.74) is 3.27. The number of rotatable bonds is 9. The van der Waals surface area contributed by atoms with Crippen LogP contribution in [0.15, 0.2) is 72.8 Å². The fourth-order valence-corrected chi connectivity index (χ4v) is 4.42. The van der Waals surface area contributed by atoms with E-state index in [0.717, 1.165) is 16.7 Å². The number of amides is 3. The second kappa shape index (κ2) is 13.2. The molecule has 0 heterocycles. The summed E-state index contributed by atoms with van der Waals surface area (Å²) in [6.07, 6.45) is -0.482. The summed E-state index contributed by atoms with van der Waals surface area (Å²) in [7, 11) is 3.15. The van der Waals surface area contributed by atoms with Gasteiger partial charge in [-0.05, 0) is 75.6 Å². The fraction of sp³-hybridized carbons (Fsp3) is 0.344. The van der Waals surface area contributed by atoms with Crippen molar-refractivity contribution >= 4 is 23.6 Å². The van der Waals surface area contributed by atoms with Gasteiger partial charge in [0, 0.05) is 19.2 Å². The van der Waals surface area contributed by atoms with E-state index in [1.54, 1.807) is 59.2 Å². The zero-order valence-corrected chi connectivity index (χ0v) is 24.3. The minimum absolute atomic E-state index is 0.225. The molecular weight excluding hydrogens is 506 g/mol. The number of nitrogens with one attached hydrogen (secondary N) is 2. The molecule has 3 aromatic rings. The maximum atomic E-state index is 14.0. The first-order chi connectivity index (χ1) is 18.9. The molecule has 0 aromatic heterocycles. The van der Waals surface area contributed by atoms with Crippen molar-refractivity contribution in [3.8, 4) is 5.75 Å². The summed E-state index contributed by atoms with van der Waals surface area (Å²) in [4.78, 5) is 42.0. The number of nitrogens with zero attached hydrogens (tertiary/aromatic N) is 1. The number of methoxy groups -OCH3 is 1. The first-order valence-electron chi connectivity index (χ1n) is 13.2. The van der Waals surface area contributed by atoms with Crippen LogP contribution in [0.2, 0.25) is 0 Å². The van der Waals surface area contributed by atoms with Gasteiger partial charge in [-0.25, -0.2) is 4.79 Å². The van der Waals surface area contributed by atoms with Crippen LogP contribution in [-0.4, -0.2) is 48.6 Å². The molecule has 3 amide bonds. The molecule has 2 atom stereocenters. The van der Waals surface area contributed by atoms with Crippen LogP contribution in [0.3, 0.4) is 0 Å². The van der Waals surface area contributed by atoms with Gasteiger partial charge in [0.05, 0.1) is 7.11 Å². The molecule has 0 bridgehead atoms. The Morgan fingerprint density at radius 2 is 1.57 bits per heavy atom. The minimum Gasteiger partial charge on any atom is -0.497 e. The summed E-state index contributed by atoms with van der Waals surface area (Å²) in [6.45, 7) is 9.15. The van der Waals surface area contributed by atoms with Crippen LogP contribution >= 0.6 is 0 Å². The van der Waals surface area contributed by atoms with Gasteiger partial charge < -0.3 is 25.0 Å². The monoisotopic (exact) mass is 545 g/mol. The largest absolute Gasteiger partial charge is 0.497 e. The molecule has 0 fully saturated rings. The SMILES string of the molecule is COc1ccc(NC(=O)C(c2ccc(C)cc2C)N(C)C(=O)C(Cc2ccccc2)NC(=O)OC(C)(C)C)cc1. The molecule has 0 aliphatic rings. The predicted molar refractivity (Wildman–Crippen MR) is 156 cm³/mol. The molecule has 8 nitrogen and oxygen atoms in total. The van der Waals surface area contributed by atoms with E-state index in [-0.39, 0.29) is 12.3 Å². The third-order valence-electron chi connectivity index (χ3n) is 6.33. The van der Waals surface area contributed by atoms with Gasteiger partial charge in [-0.15, -0.1) is 0 Å². The first kappa shape index (κ1) is 30.2. The van der Waals surface area contributed by atoms with Crippen LogP contribution < -0.4 is 15.4 Å². The third-order valence-corrected chi connectivity index (χ3v) is 6.33. The molecule has 0 aliphatic carbocycles. The zero-order valence-electron chi connectivity index (χ0n) is 24.3. The Bertz CT molecular complexity index is 1320. The number of ether oxygens (including phenoxy) is 2. The lowest BCUT2D eigenvalue weighted by atomic mass is 9.96. The highest BCUT2D eigenvalue weighted by Gasteiger charge is 2.35. The van der Waals surface area contributed by atoms with Crippen molar-refractivity contribution in [2.24, 2.45) is 0 Å². The van der Waals surface area contributed by atoms with Gasteiger partial charge in [-0.2, -0.15) is 0 Å². The zero-order chi connectivity index (χ0) is 29.4. The molecule has 0 saturated carbocycles. The Kier molecular flexibility index (Phi) is 9.93. The Morgan fingerprint density at radius 3 is 2.15 bits per heavy atom. The lowest BCUT2D eigenvalue weighted by molar-refractivity contribution is -0.139. The Morgan fingerprint density at radius 1 is 0.925 bits per heavy atom. The van der Waals surface area contributed by atoms with Crippen molar-refractivity contribution in [2.75, 3.05) is 19.5 Å². The maximum absolute atomic E-state index is 14.0. The summed E-state index contributed by atoms with van der Waals surface area (Å²) in [5.74, 6) is -0.151. The molecule has 8 heteroatoms. The van der Waals surface area contributed by atoms with Crippen LogP contribution in [0.5, 0.6) is 5.75 Å². The highest BCUT2D eigenvalue weighted by atomic mass is 16.6. The molecular formula is C32H39N3O5. The number of carbonyl (C=O) groups is 3. The average molecular weight is 546 g/mol. The molecule has 40 heavy (non-hydrogen) atoms. The number of hydrogen-bond donors (Lipinski definition) is 2. The minimum atomic E-state index is -0.968. The standard InChI is InChI=1S/C32H39N3O5/c1-21-13-18-26(22(2)19-21)28(29(36)33-24-14-16-25(39-7)17-15-24)35(6)30(37)27(20-23-11-9-8-10-12-23)34-31(38)40-32(3,4)5/h8-19,27-28H,20H2,1-7H3,(H,33,36)(H,34,38). The van der Waals surface area contributed by atoms with Gasteiger partial charge in [-0.1, -0.05) is 54.1 Å². The second-order valence-corrected chi connectivity index (χ2v) is 10.8. The molecule has 212 valence electrons. The number of anilines is 1. The van der Waals surface area contributed by atoms with Gasteiger partial charge in [0.15, 0.2) is 0 Å². The van der Waals surface area contributed by atoms with E-state index in [2.05, 4.69) is 10.6 Å². The molecule has 0 aliphatic heterocycles. The summed E-state index contributed by atoms with van der Waals surface area (Å²) in [5, 5.41) is 5.67. The molecule has 3 rings (SSSR count). The average Bonchev–Trinajstić information content (AvgIpc) is 2.89. The number of likely N-dealkylation sites (N-methyl/N-ethyl adjacent to an activating group) is 1. The molecule has 0 radical (unpaired) electrons. The molecule has 0 spiro atoms. The maximum Gasteiger partial charge on any atom is 0.408 e. The van der Waals surface area contributed by atoms with Gasteiger partial charge >= 0.3 is 6.09 Å². The summed E-state index contributed by atoms with van der Waals surface area (Å²) >= 11 is 0. The van der Waals surface area contributed by atoms with Crippen LogP contribution in [0, 0.1) is 13.8 Å². The number of carbonyl (C=O) groups excluding carboxylic acids is 3. The molecule has 0 saturated heterocycles. The number of alkyl carbamates (subject to hydrolysis) is 1. The first-order valence-corrected chi connectivity index (χ1v) is 13.2. The fourth-order valence-electron chi connectivity index (χ4n) is 4.42. The van der Waals surface area contributed by atoms with E-state index in [1.807, 2.05) is 62.4 Å². The van der Waals surface area contributed by atoms with Crippen LogP contribution in [0.4, 0.5) is 10.5 Å². The topological polar surface area (TPSA) is 97.0 Å². The van der Waals surface area contributed by atoms with E-state index >= 15 is 0 Å². The molecule has 2 unspecified atom stereocenters. The lowest BCUT2D eigenvalue weighted by Crippen LogP contribution is -2.52. The molecule has 2 N–H and O–H groups in total. The summed E-state index contributed by atoms with van der Waals surface area (Å²) in [6, 6.07) is 20.2. The van der Waals surface area contributed by atoms with Crippen molar-refractivity contribution in [3.63, 3.8) is 0 Å². The van der Waals surface area contributed by atoms with Crippen LogP contribution in [0.25, 0.3) is 0 Å². The Hall–Kier alpha value is -4.33. The van der Waals surface area contributed by atoms with Gasteiger partial charge in [0.2, 0.25) is 5.91 Å². The number of benzene rings is 3. The van der Waals surface area contributed by atoms with Crippen molar-refractivity contribution in [2.45, 2.75) is 58.7 Å². The predicted octanol–water partition coefficient (Wildman–Crippen LogP) is 5.59. The quantitative estimate of drug-likeness (QED) is 0.366. The van der Waals surface area contributed by atoms with Crippen molar-refractivity contribution in [3.05, 3.63) is 95.1 Å². The smallest absolute Gasteiger partial charge is 0.408 e. The van der Waals surface area contributed by atoms with Crippen LogP contribution in [-0.2, 0) is 20.7 Å². The highest BCUT2D eigenvalue weighted by Crippen LogP contribution is 2.27. The molecule has 3 aromatic carbocycles. The highest BCUT2D eigenvalue weighted by molar-refractivity contribution is 5.99. The normalized spacial score (nSPS) is 12.6. The number of aryl methyl sites for hydroxylation is 2. The van der Waals surface area contributed by atoms with Gasteiger partial charge in [0.25, 0.3) is 5.91 Å². The van der Waals surface area contributed by atoms with Crippen molar-refractivity contribution < 1.29 is 23.9 Å². The van der Waals surface area contributed by atoms with Gasteiger partial charge in [-0.3, -0.25) is 9.59 Å². The Balaban J connectivity index is 1.97.